The Hall–Kier alpha value is -3.54. The van der Waals surface area contributed by atoms with Gasteiger partial charge >= 0.3 is 0 Å². The number of rotatable bonds is 5. The molecule has 2 N–H and O–H groups in total. The van der Waals surface area contributed by atoms with E-state index >= 15 is 0 Å². The first-order chi connectivity index (χ1) is 15.1. The molecule has 0 bridgehead atoms. The monoisotopic (exact) mass is 416 g/mol. The van der Waals surface area contributed by atoms with Crippen molar-refractivity contribution in [1.29, 1.82) is 0 Å². The molecule has 0 saturated heterocycles. The molecule has 3 aromatic carbocycles. The Bertz CT molecular complexity index is 1150. The number of amides is 2. The second kappa shape index (κ2) is 7.95. The van der Waals surface area contributed by atoms with Crippen molar-refractivity contribution in [3.63, 3.8) is 0 Å². The molecular weight excluding hydrogens is 392 g/mol. The molecule has 31 heavy (non-hydrogen) atoms. The van der Waals surface area contributed by atoms with E-state index in [1.54, 1.807) is 12.1 Å². The summed E-state index contributed by atoms with van der Waals surface area (Å²) in [5.74, 6) is 0.515. The van der Waals surface area contributed by atoms with E-state index < -0.39 is 5.79 Å². The van der Waals surface area contributed by atoms with E-state index in [9.17, 15) is 9.59 Å². The van der Waals surface area contributed by atoms with Crippen molar-refractivity contribution in [2.75, 3.05) is 11.9 Å². The van der Waals surface area contributed by atoms with Gasteiger partial charge in [-0.05, 0) is 47.9 Å². The van der Waals surface area contributed by atoms with Gasteiger partial charge in [-0.25, -0.2) is 0 Å². The first kappa shape index (κ1) is 19.4. The van der Waals surface area contributed by atoms with Crippen molar-refractivity contribution < 1.29 is 19.1 Å². The van der Waals surface area contributed by atoms with Crippen LogP contribution in [0, 0.1) is 0 Å². The van der Waals surface area contributed by atoms with Gasteiger partial charge in [-0.2, -0.15) is 0 Å². The third-order valence-electron chi connectivity index (χ3n) is 5.83. The Kier molecular flexibility index (Phi) is 4.98. The third kappa shape index (κ3) is 4.06. The van der Waals surface area contributed by atoms with Gasteiger partial charge in [0.05, 0.1) is 0 Å². The molecule has 3 aromatic rings. The molecule has 158 valence electrons. The molecule has 5 rings (SSSR count). The second-order valence-electron chi connectivity index (χ2n) is 8.10. The highest BCUT2D eigenvalue weighted by atomic mass is 16.7. The summed E-state index contributed by atoms with van der Waals surface area (Å²) in [6.07, 6.45) is 4.16. The van der Waals surface area contributed by atoms with E-state index in [0.29, 0.717) is 17.0 Å². The highest BCUT2D eigenvalue weighted by Crippen LogP contribution is 2.47. The number of benzene rings is 3. The Morgan fingerprint density at radius 3 is 2.48 bits per heavy atom. The van der Waals surface area contributed by atoms with Gasteiger partial charge in [0.2, 0.25) is 5.91 Å². The summed E-state index contributed by atoms with van der Waals surface area (Å²) in [5.41, 5.74) is 1.24. The molecule has 6 nitrogen and oxygen atoms in total. The number of ether oxygens (including phenoxy) is 2. The number of carbonyl (C=O) groups is 2. The minimum Gasteiger partial charge on any atom is -0.448 e. The van der Waals surface area contributed by atoms with E-state index in [1.165, 1.54) is 0 Å². The lowest BCUT2D eigenvalue weighted by atomic mass is 10.1. The molecule has 1 heterocycles. The second-order valence-corrected chi connectivity index (χ2v) is 8.10. The minimum absolute atomic E-state index is 0.173. The zero-order valence-corrected chi connectivity index (χ0v) is 17.1. The van der Waals surface area contributed by atoms with E-state index in [4.69, 9.17) is 9.47 Å². The van der Waals surface area contributed by atoms with Crippen molar-refractivity contribution in [2.24, 2.45) is 0 Å². The number of hydrogen-bond donors (Lipinski definition) is 2. The van der Waals surface area contributed by atoms with Crippen LogP contribution in [0.2, 0.25) is 0 Å². The van der Waals surface area contributed by atoms with Crippen molar-refractivity contribution in [3.05, 3.63) is 66.2 Å². The smallest absolute Gasteiger partial charge is 0.251 e. The van der Waals surface area contributed by atoms with E-state index in [2.05, 4.69) is 10.6 Å². The maximum Gasteiger partial charge on any atom is 0.251 e. The molecule has 0 atom stereocenters. The summed E-state index contributed by atoms with van der Waals surface area (Å²) in [6.45, 7) is 0.255. The van der Waals surface area contributed by atoms with Crippen LogP contribution < -0.4 is 20.1 Å². The zero-order valence-electron chi connectivity index (χ0n) is 17.1. The van der Waals surface area contributed by atoms with Crippen LogP contribution >= 0.6 is 0 Å². The predicted octanol–water partition coefficient (Wildman–Crippen LogP) is 4.64. The SMILES string of the molecule is O=C(CCNC(=O)c1ccc2ccccc2c1)Nc1ccc2c(c1)OC1(CCCC1)O2. The molecule has 1 aliphatic carbocycles. The molecule has 2 amide bonds. The lowest BCUT2D eigenvalue weighted by Crippen LogP contribution is -2.34. The molecule has 6 heteroatoms. The van der Waals surface area contributed by atoms with Crippen molar-refractivity contribution in [3.8, 4) is 11.5 Å². The van der Waals surface area contributed by atoms with Crippen LogP contribution in [0.25, 0.3) is 10.8 Å². The van der Waals surface area contributed by atoms with Gasteiger partial charge in [-0.15, -0.1) is 0 Å². The quantitative estimate of drug-likeness (QED) is 0.635. The van der Waals surface area contributed by atoms with E-state index in [0.717, 1.165) is 42.2 Å². The van der Waals surface area contributed by atoms with E-state index in [1.807, 2.05) is 48.5 Å². The predicted molar refractivity (Wildman–Crippen MR) is 118 cm³/mol. The highest BCUT2D eigenvalue weighted by molar-refractivity contribution is 5.99. The fourth-order valence-electron chi connectivity index (χ4n) is 4.23. The van der Waals surface area contributed by atoms with Gasteiger partial charge < -0.3 is 20.1 Å². The Morgan fingerprint density at radius 2 is 1.65 bits per heavy atom. The van der Waals surface area contributed by atoms with Gasteiger partial charge in [0.15, 0.2) is 11.5 Å². The Labute approximate surface area is 180 Å². The molecule has 0 unspecified atom stereocenters. The molecule has 0 aromatic heterocycles. The molecular formula is C25H24N2O4. The van der Waals surface area contributed by atoms with Crippen LogP contribution in [0.3, 0.4) is 0 Å². The molecule has 0 radical (unpaired) electrons. The Morgan fingerprint density at radius 1 is 0.871 bits per heavy atom. The highest BCUT2D eigenvalue weighted by Gasteiger charge is 2.44. The van der Waals surface area contributed by atoms with Gasteiger partial charge in [0.25, 0.3) is 11.7 Å². The van der Waals surface area contributed by atoms with Gasteiger partial charge in [-0.3, -0.25) is 9.59 Å². The maximum absolute atomic E-state index is 12.4. The van der Waals surface area contributed by atoms with Crippen molar-refractivity contribution in [1.82, 2.24) is 5.32 Å². The summed E-state index contributed by atoms with van der Waals surface area (Å²) in [6, 6.07) is 18.9. The summed E-state index contributed by atoms with van der Waals surface area (Å²) < 4.78 is 12.0. The third-order valence-corrected chi connectivity index (χ3v) is 5.83. The summed E-state index contributed by atoms with van der Waals surface area (Å²) >= 11 is 0. The number of nitrogens with one attached hydrogen (secondary N) is 2. The average Bonchev–Trinajstić information content (AvgIpc) is 3.38. The topological polar surface area (TPSA) is 76.7 Å². The fourth-order valence-corrected chi connectivity index (χ4v) is 4.23. The lowest BCUT2D eigenvalue weighted by molar-refractivity contribution is -0.116. The molecule has 1 saturated carbocycles. The lowest BCUT2D eigenvalue weighted by Gasteiger charge is -2.21. The first-order valence-electron chi connectivity index (χ1n) is 10.7. The van der Waals surface area contributed by atoms with Crippen molar-refractivity contribution in [2.45, 2.75) is 37.9 Å². The standard InChI is InChI=1S/C25H24N2O4/c28-23(11-14-26-24(29)19-8-7-17-5-1-2-6-18(17)15-19)27-20-9-10-21-22(16-20)31-25(30-21)12-3-4-13-25/h1-2,5-10,15-16H,3-4,11-14H2,(H,26,29)(H,27,28). The average molecular weight is 416 g/mol. The summed E-state index contributed by atoms with van der Waals surface area (Å²) in [5, 5.41) is 7.77. The Balaban J connectivity index is 1.13. The van der Waals surface area contributed by atoms with Crippen LogP contribution in [0.4, 0.5) is 5.69 Å². The summed E-state index contributed by atoms with van der Waals surface area (Å²) in [4.78, 5) is 24.7. The molecule has 1 spiro atoms. The molecule has 1 fully saturated rings. The number of hydrogen-bond acceptors (Lipinski definition) is 4. The number of carbonyl (C=O) groups excluding carboxylic acids is 2. The number of anilines is 1. The maximum atomic E-state index is 12.4. The van der Waals surface area contributed by atoms with Gasteiger partial charge in [-0.1, -0.05) is 30.3 Å². The van der Waals surface area contributed by atoms with Crippen LogP contribution in [-0.4, -0.2) is 24.1 Å². The molecule has 1 aliphatic heterocycles. The summed E-state index contributed by atoms with van der Waals surface area (Å²) in [7, 11) is 0. The zero-order chi connectivity index (χ0) is 21.3. The van der Waals surface area contributed by atoms with Crippen LogP contribution in [0.1, 0.15) is 42.5 Å². The largest absolute Gasteiger partial charge is 0.448 e. The van der Waals surface area contributed by atoms with Gasteiger partial charge in [0, 0.05) is 43.1 Å². The van der Waals surface area contributed by atoms with Crippen LogP contribution in [0.5, 0.6) is 11.5 Å². The van der Waals surface area contributed by atoms with E-state index in [-0.39, 0.29) is 24.8 Å². The van der Waals surface area contributed by atoms with Crippen LogP contribution in [0.15, 0.2) is 60.7 Å². The van der Waals surface area contributed by atoms with Crippen molar-refractivity contribution >= 4 is 28.3 Å². The fraction of sp³-hybridized carbons (Fsp3) is 0.280. The van der Waals surface area contributed by atoms with Crippen LogP contribution in [-0.2, 0) is 4.79 Å². The number of fused-ring (bicyclic) bond motifs is 2. The minimum atomic E-state index is -0.516. The molecule has 2 aliphatic rings. The normalized spacial score (nSPS) is 15.9. The first-order valence-corrected chi connectivity index (χ1v) is 10.7. The van der Waals surface area contributed by atoms with Gasteiger partial charge in [0.1, 0.15) is 0 Å².